The predicted molar refractivity (Wildman–Crippen MR) is 136 cm³/mol. The standard InChI is InChI=1S/C28H46O2.C2H6/c1-6-28-17-15-24-23(12-10-21-18-22(30-5)14-16-27(21,24)4)25(28)13-11-20(28)8-7-9-26(29)19(2)3;1-2/h10,19-20,22-25H,6-9,11-18H2,1-5H3;1-2H3. The van der Waals surface area contributed by atoms with E-state index < -0.39 is 0 Å². The summed E-state index contributed by atoms with van der Waals surface area (Å²) in [6.45, 7) is 13.2. The third-order valence-corrected chi connectivity index (χ3v) is 10.6. The van der Waals surface area contributed by atoms with E-state index in [9.17, 15) is 4.79 Å². The molecule has 0 radical (unpaired) electrons. The average Bonchev–Trinajstić information content (AvgIpc) is 3.18. The van der Waals surface area contributed by atoms with Gasteiger partial charge in [0, 0.05) is 19.4 Å². The maximum atomic E-state index is 12.1. The van der Waals surface area contributed by atoms with Gasteiger partial charge in [0.1, 0.15) is 5.78 Å². The number of carbonyl (C=O) groups excluding carboxylic acids is 1. The Labute approximate surface area is 199 Å². The van der Waals surface area contributed by atoms with Crippen molar-refractivity contribution in [3.8, 4) is 0 Å². The Kier molecular flexibility index (Phi) is 8.73. The third kappa shape index (κ3) is 4.51. The van der Waals surface area contributed by atoms with Crippen LogP contribution in [0.4, 0.5) is 0 Å². The number of fused-ring (bicyclic) bond motifs is 5. The molecule has 32 heavy (non-hydrogen) atoms. The second-order valence-electron chi connectivity index (χ2n) is 11.8. The molecule has 184 valence electrons. The molecule has 0 aromatic rings. The Hall–Kier alpha value is -0.630. The van der Waals surface area contributed by atoms with Crippen molar-refractivity contribution in [2.24, 2.45) is 40.4 Å². The fourth-order valence-electron chi connectivity index (χ4n) is 8.72. The molecule has 0 N–H and O–H groups in total. The lowest BCUT2D eigenvalue weighted by Gasteiger charge is -2.59. The number of methoxy groups -OCH3 is 1. The fraction of sp³-hybridized carbons (Fsp3) is 0.900. The van der Waals surface area contributed by atoms with Gasteiger partial charge in [-0.3, -0.25) is 4.79 Å². The summed E-state index contributed by atoms with van der Waals surface area (Å²) in [6, 6.07) is 0. The molecular weight excluding hydrogens is 392 g/mol. The van der Waals surface area contributed by atoms with E-state index in [-0.39, 0.29) is 5.92 Å². The van der Waals surface area contributed by atoms with Gasteiger partial charge >= 0.3 is 0 Å². The molecule has 4 aliphatic carbocycles. The number of hydrogen-bond donors (Lipinski definition) is 0. The van der Waals surface area contributed by atoms with Crippen molar-refractivity contribution in [1.82, 2.24) is 0 Å². The van der Waals surface area contributed by atoms with Crippen LogP contribution in [0.5, 0.6) is 0 Å². The van der Waals surface area contributed by atoms with Crippen molar-refractivity contribution in [2.75, 3.05) is 7.11 Å². The summed E-state index contributed by atoms with van der Waals surface area (Å²) >= 11 is 0. The van der Waals surface area contributed by atoms with Gasteiger partial charge in [-0.15, -0.1) is 0 Å². The van der Waals surface area contributed by atoms with E-state index in [4.69, 9.17) is 4.74 Å². The van der Waals surface area contributed by atoms with Gasteiger partial charge < -0.3 is 4.74 Å². The predicted octanol–water partition coefficient (Wildman–Crippen LogP) is 8.39. The van der Waals surface area contributed by atoms with Crippen LogP contribution in [0.1, 0.15) is 119 Å². The highest BCUT2D eigenvalue weighted by Crippen LogP contribution is 2.67. The highest BCUT2D eigenvalue weighted by molar-refractivity contribution is 5.80. The molecule has 3 fully saturated rings. The van der Waals surface area contributed by atoms with Crippen molar-refractivity contribution in [3.05, 3.63) is 11.6 Å². The number of ether oxygens (including phenoxy) is 1. The molecule has 7 unspecified atom stereocenters. The minimum atomic E-state index is 0.203. The number of rotatable bonds is 7. The van der Waals surface area contributed by atoms with Crippen LogP contribution in [0.15, 0.2) is 11.6 Å². The van der Waals surface area contributed by atoms with Crippen LogP contribution < -0.4 is 0 Å². The Morgan fingerprint density at radius 1 is 1.12 bits per heavy atom. The van der Waals surface area contributed by atoms with E-state index in [1.165, 1.54) is 64.2 Å². The van der Waals surface area contributed by atoms with Crippen LogP contribution in [0.25, 0.3) is 0 Å². The van der Waals surface area contributed by atoms with Gasteiger partial charge in [-0.1, -0.05) is 53.2 Å². The molecule has 0 aliphatic heterocycles. The number of ketones is 1. The number of allylic oxidation sites excluding steroid dienone is 1. The van der Waals surface area contributed by atoms with E-state index in [0.717, 1.165) is 36.5 Å². The minimum absolute atomic E-state index is 0.203. The zero-order chi connectivity index (χ0) is 23.5. The summed E-state index contributed by atoms with van der Waals surface area (Å²) in [5.41, 5.74) is 2.72. The van der Waals surface area contributed by atoms with Crippen molar-refractivity contribution in [2.45, 2.75) is 125 Å². The van der Waals surface area contributed by atoms with Gasteiger partial charge in [0.25, 0.3) is 0 Å². The summed E-state index contributed by atoms with van der Waals surface area (Å²) in [6.07, 6.45) is 18.4. The lowest BCUT2D eigenvalue weighted by molar-refractivity contribution is -0.122. The molecule has 0 saturated heterocycles. The first kappa shape index (κ1) is 26.0. The third-order valence-electron chi connectivity index (χ3n) is 10.6. The molecule has 7 atom stereocenters. The highest BCUT2D eigenvalue weighted by Gasteiger charge is 2.59. The molecule has 0 spiro atoms. The van der Waals surface area contributed by atoms with Crippen LogP contribution in [0, 0.1) is 40.4 Å². The van der Waals surface area contributed by atoms with Gasteiger partial charge in [0.2, 0.25) is 0 Å². The van der Waals surface area contributed by atoms with Crippen LogP contribution in [0.3, 0.4) is 0 Å². The van der Waals surface area contributed by atoms with Crippen LogP contribution >= 0.6 is 0 Å². The van der Waals surface area contributed by atoms with Crippen LogP contribution in [-0.4, -0.2) is 19.0 Å². The van der Waals surface area contributed by atoms with Gasteiger partial charge in [-0.2, -0.15) is 0 Å². The molecule has 0 aromatic heterocycles. The SMILES string of the molecule is CC.CCC12CCC3C(CC=C4CC(OC)CCC43C)C1CCC2CCCC(=O)C(C)C. The quantitative estimate of drug-likeness (QED) is 0.368. The maximum absolute atomic E-state index is 12.1. The summed E-state index contributed by atoms with van der Waals surface area (Å²) in [4.78, 5) is 12.1. The van der Waals surface area contributed by atoms with Crippen molar-refractivity contribution in [1.29, 1.82) is 0 Å². The van der Waals surface area contributed by atoms with Crippen LogP contribution in [0.2, 0.25) is 0 Å². The largest absolute Gasteiger partial charge is 0.381 e. The summed E-state index contributed by atoms with van der Waals surface area (Å²) in [5.74, 6) is 4.23. The minimum Gasteiger partial charge on any atom is -0.381 e. The monoisotopic (exact) mass is 444 g/mol. The Morgan fingerprint density at radius 3 is 2.53 bits per heavy atom. The topological polar surface area (TPSA) is 26.3 Å². The molecular formula is C30H52O2. The molecule has 4 rings (SSSR count). The Balaban J connectivity index is 0.00000141. The van der Waals surface area contributed by atoms with Gasteiger partial charge in [-0.05, 0) is 105 Å². The lowest BCUT2D eigenvalue weighted by atomic mass is 9.46. The first-order valence-corrected chi connectivity index (χ1v) is 14.1. The summed E-state index contributed by atoms with van der Waals surface area (Å²) in [5, 5.41) is 0. The Bertz CT molecular complexity index is 664. The van der Waals surface area contributed by atoms with E-state index in [1.54, 1.807) is 5.57 Å². The number of Topliss-reactive ketones (excluding diaryl/α,β-unsaturated/α-hetero) is 1. The van der Waals surface area contributed by atoms with Gasteiger partial charge in [0.15, 0.2) is 0 Å². The molecule has 0 amide bonds. The fourth-order valence-corrected chi connectivity index (χ4v) is 8.72. The molecule has 0 aromatic carbocycles. The highest BCUT2D eigenvalue weighted by atomic mass is 16.5. The maximum Gasteiger partial charge on any atom is 0.135 e. The van der Waals surface area contributed by atoms with Gasteiger partial charge in [0.05, 0.1) is 6.10 Å². The number of hydrogen-bond acceptors (Lipinski definition) is 2. The van der Waals surface area contributed by atoms with E-state index in [0.29, 0.717) is 22.7 Å². The summed E-state index contributed by atoms with van der Waals surface area (Å²) in [7, 11) is 1.89. The molecule has 2 nitrogen and oxygen atoms in total. The molecule has 3 saturated carbocycles. The first-order valence-electron chi connectivity index (χ1n) is 14.1. The second-order valence-corrected chi connectivity index (χ2v) is 11.8. The molecule has 0 heterocycles. The lowest BCUT2D eigenvalue weighted by Crippen LogP contribution is -2.51. The molecule has 0 bridgehead atoms. The smallest absolute Gasteiger partial charge is 0.135 e. The number of carbonyl (C=O) groups is 1. The molecule has 2 heteroatoms. The molecule has 4 aliphatic rings. The normalized spacial score (nSPS) is 40.5. The zero-order valence-electron chi connectivity index (χ0n) is 22.3. The van der Waals surface area contributed by atoms with Crippen molar-refractivity contribution < 1.29 is 9.53 Å². The van der Waals surface area contributed by atoms with E-state index in [1.807, 2.05) is 34.8 Å². The van der Waals surface area contributed by atoms with E-state index in [2.05, 4.69) is 19.9 Å². The second kappa shape index (κ2) is 10.7. The van der Waals surface area contributed by atoms with Crippen molar-refractivity contribution in [3.63, 3.8) is 0 Å². The van der Waals surface area contributed by atoms with Crippen molar-refractivity contribution >= 4 is 5.78 Å². The first-order chi connectivity index (χ1) is 15.4. The van der Waals surface area contributed by atoms with Crippen LogP contribution in [-0.2, 0) is 9.53 Å². The zero-order valence-corrected chi connectivity index (χ0v) is 22.3. The summed E-state index contributed by atoms with van der Waals surface area (Å²) < 4.78 is 5.74. The Morgan fingerprint density at radius 2 is 1.88 bits per heavy atom. The van der Waals surface area contributed by atoms with E-state index >= 15 is 0 Å². The average molecular weight is 445 g/mol. The van der Waals surface area contributed by atoms with Gasteiger partial charge in [-0.25, -0.2) is 0 Å².